The van der Waals surface area contributed by atoms with Crippen molar-refractivity contribution >= 4 is 38.5 Å². The quantitative estimate of drug-likeness (QED) is 0.837. The zero-order chi connectivity index (χ0) is 9.14. The highest BCUT2D eigenvalue weighted by Crippen LogP contribution is 2.29. The predicted octanol–water partition coefficient (Wildman–Crippen LogP) is 2.55. The largest absolute Gasteiger partial charge is 0.496 e. The minimum atomic E-state index is 0.0564. The van der Waals surface area contributed by atoms with Crippen molar-refractivity contribution in [2.75, 3.05) is 7.11 Å². The van der Waals surface area contributed by atoms with Crippen molar-refractivity contribution in [1.29, 1.82) is 0 Å². The Hall–Kier alpha value is 0.190. The molecule has 0 saturated heterocycles. The van der Waals surface area contributed by atoms with Crippen LogP contribution in [0.25, 0.3) is 0 Å². The molecule has 0 heterocycles. The second-order valence-corrected chi connectivity index (χ2v) is 4.25. The summed E-state index contributed by atoms with van der Waals surface area (Å²) in [5.41, 5.74) is 0.906. The zero-order valence-corrected chi connectivity index (χ0v) is 10.2. The van der Waals surface area contributed by atoms with Crippen LogP contribution in [0.5, 0.6) is 5.75 Å². The highest BCUT2D eigenvalue weighted by Gasteiger charge is 2.05. The molecule has 1 rings (SSSR count). The summed E-state index contributed by atoms with van der Waals surface area (Å²) in [5, 5.41) is 8.94. The molecule has 0 unspecified atom stereocenters. The molecule has 1 aromatic rings. The van der Waals surface area contributed by atoms with Crippen molar-refractivity contribution < 1.29 is 9.84 Å². The minimum absolute atomic E-state index is 0.0564. The fraction of sp³-hybridized carbons (Fsp3) is 0.250. The van der Waals surface area contributed by atoms with Gasteiger partial charge in [0.05, 0.1) is 18.2 Å². The van der Waals surface area contributed by atoms with Gasteiger partial charge in [-0.15, -0.1) is 0 Å². The lowest BCUT2D eigenvalue weighted by molar-refractivity contribution is 0.280. The number of methoxy groups -OCH3 is 1. The molecule has 0 atom stereocenters. The Labute approximate surface area is 93.2 Å². The van der Waals surface area contributed by atoms with Gasteiger partial charge < -0.3 is 9.84 Å². The van der Waals surface area contributed by atoms with Crippen LogP contribution in [0.4, 0.5) is 0 Å². The molecule has 1 aromatic carbocycles. The Morgan fingerprint density at radius 3 is 2.75 bits per heavy atom. The SMILES string of the molecule is COc1cc(I)c(CO)cc1Br. The first-order valence-corrected chi connectivity index (χ1v) is 5.19. The molecule has 1 N–H and O–H groups in total. The first kappa shape index (κ1) is 10.3. The van der Waals surface area contributed by atoms with Crippen molar-refractivity contribution in [2.45, 2.75) is 6.61 Å². The van der Waals surface area contributed by atoms with Gasteiger partial charge in [0.1, 0.15) is 5.75 Å². The number of benzene rings is 1. The monoisotopic (exact) mass is 342 g/mol. The maximum Gasteiger partial charge on any atom is 0.134 e. The van der Waals surface area contributed by atoms with E-state index in [-0.39, 0.29) is 6.61 Å². The van der Waals surface area contributed by atoms with Gasteiger partial charge in [0.15, 0.2) is 0 Å². The molecule has 0 aliphatic rings. The van der Waals surface area contributed by atoms with Crippen LogP contribution >= 0.6 is 38.5 Å². The molecule has 0 aliphatic carbocycles. The number of halogens is 2. The van der Waals surface area contributed by atoms with Gasteiger partial charge in [-0.2, -0.15) is 0 Å². The van der Waals surface area contributed by atoms with Crippen LogP contribution in [0.3, 0.4) is 0 Å². The number of rotatable bonds is 2. The third kappa shape index (κ3) is 2.11. The first-order valence-electron chi connectivity index (χ1n) is 3.31. The van der Waals surface area contributed by atoms with Crippen LogP contribution in [-0.2, 0) is 6.61 Å². The molecule has 0 fully saturated rings. The van der Waals surface area contributed by atoms with E-state index in [1.807, 2.05) is 12.1 Å². The molecule has 0 radical (unpaired) electrons. The average Bonchev–Trinajstić information content (AvgIpc) is 2.08. The van der Waals surface area contributed by atoms with E-state index in [0.29, 0.717) is 0 Å². The van der Waals surface area contributed by atoms with Gasteiger partial charge in [0, 0.05) is 3.57 Å². The van der Waals surface area contributed by atoms with E-state index in [1.54, 1.807) is 7.11 Å². The summed E-state index contributed by atoms with van der Waals surface area (Å²) in [4.78, 5) is 0. The van der Waals surface area contributed by atoms with Crippen molar-refractivity contribution in [3.8, 4) is 5.75 Å². The van der Waals surface area contributed by atoms with Crippen LogP contribution in [0.1, 0.15) is 5.56 Å². The van der Waals surface area contributed by atoms with Crippen molar-refractivity contribution in [3.63, 3.8) is 0 Å². The fourth-order valence-corrected chi connectivity index (χ4v) is 2.01. The van der Waals surface area contributed by atoms with Gasteiger partial charge in [-0.25, -0.2) is 0 Å². The van der Waals surface area contributed by atoms with E-state index in [1.165, 1.54) is 0 Å². The van der Waals surface area contributed by atoms with E-state index in [4.69, 9.17) is 9.84 Å². The molecule has 0 bridgehead atoms. The van der Waals surface area contributed by atoms with Gasteiger partial charge in [0.2, 0.25) is 0 Å². The van der Waals surface area contributed by atoms with E-state index in [2.05, 4.69) is 38.5 Å². The summed E-state index contributed by atoms with van der Waals surface area (Å²) in [6.45, 7) is 0.0564. The minimum Gasteiger partial charge on any atom is -0.496 e. The van der Waals surface area contributed by atoms with Crippen molar-refractivity contribution in [3.05, 3.63) is 25.7 Å². The van der Waals surface area contributed by atoms with Gasteiger partial charge in [-0.1, -0.05) is 0 Å². The van der Waals surface area contributed by atoms with Crippen LogP contribution in [0.2, 0.25) is 0 Å². The van der Waals surface area contributed by atoms with Crippen LogP contribution < -0.4 is 4.74 Å². The summed E-state index contributed by atoms with van der Waals surface area (Å²) in [5.74, 6) is 0.789. The normalized spacial score (nSPS) is 10.0. The van der Waals surface area contributed by atoms with E-state index in [0.717, 1.165) is 19.4 Å². The van der Waals surface area contributed by atoms with E-state index < -0.39 is 0 Å². The van der Waals surface area contributed by atoms with E-state index in [9.17, 15) is 0 Å². The number of aliphatic hydroxyl groups excluding tert-OH is 1. The number of hydrogen-bond acceptors (Lipinski definition) is 2. The molecular weight excluding hydrogens is 335 g/mol. The van der Waals surface area contributed by atoms with Crippen LogP contribution in [-0.4, -0.2) is 12.2 Å². The lowest BCUT2D eigenvalue weighted by atomic mass is 10.2. The maximum atomic E-state index is 8.94. The molecule has 0 spiro atoms. The molecule has 2 nitrogen and oxygen atoms in total. The smallest absolute Gasteiger partial charge is 0.134 e. The second kappa shape index (κ2) is 4.43. The molecule has 0 aromatic heterocycles. The molecule has 4 heteroatoms. The molecule has 0 aliphatic heterocycles. The van der Waals surface area contributed by atoms with Gasteiger partial charge >= 0.3 is 0 Å². The number of hydrogen-bond donors (Lipinski definition) is 1. The summed E-state index contributed by atoms with van der Waals surface area (Å²) < 4.78 is 6.97. The maximum absolute atomic E-state index is 8.94. The lowest BCUT2D eigenvalue weighted by Gasteiger charge is -2.06. The summed E-state index contributed by atoms with van der Waals surface area (Å²) in [6.07, 6.45) is 0. The van der Waals surface area contributed by atoms with Crippen LogP contribution in [0.15, 0.2) is 16.6 Å². The Kier molecular flexibility index (Phi) is 3.79. The Balaban J connectivity index is 3.16. The average molecular weight is 343 g/mol. The van der Waals surface area contributed by atoms with Crippen molar-refractivity contribution in [2.24, 2.45) is 0 Å². The topological polar surface area (TPSA) is 29.5 Å². The first-order chi connectivity index (χ1) is 5.69. The van der Waals surface area contributed by atoms with Gasteiger partial charge in [-0.05, 0) is 56.2 Å². The standard InChI is InChI=1S/C8H8BrIO2/c1-12-8-3-7(10)5(4-11)2-6(8)9/h2-3,11H,4H2,1H3. The molecule has 12 heavy (non-hydrogen) atoms. The second-order valence-electron chi connectivity index (χ2n) is 2.24. The summed E-state index contributed by atoms with van der Waals surface area (Å²) in [7, 11) is 1.62. The summed E-state index contributed by atoms with van der Waals surface area (Å²) in [6, 6.07) is 3.75. The predicted molar refractivity (Wildman–Crippen MR) is 59.3 cm³/mol. The Morgan fingerprint density at radius 1 is 1.58 bits per heavy atom. The van der Waals surface area contributed by atoms with Gasteiger partial charge in [-0.3, -0.25) is 0 Å². The lowest BCUT2D eigenvalue weighted by Crippen LogP contribution is -1.91. The molecule has 66 valence electrons. The number of ether oxygens (including phenoxy) is 1. The third-order valence-electron chi connectivity index (χ3n) is 1.49. The molecular formula is C8H8BrIO2. The molecule has 0 saturated carbocycles. The van der Waals surface area contributed by atoms with Crippen LogP contribution in [0, 0.1) is 3.57 Å². The fourth-order valence-electron chi connectivity index (χ4n) is 0.847. The highest BCUT2D eigenvalue weighted by molar-refractivity contribution is 14.1. The third-order valence-corrected chi connectivity index (χ3v) is 3.12. The van der Waals surface area contributed by atoms with Gasteiger partial charge in [0.25, 0.3) is 0 Å². The molecule has 0 amide bonds. The zero-order valence-electron chi connectivity index (χ0n) is 6.47. The van der Waals surface area contributed by atoms with E-state index >= 15 is 0 Å². The Morgan fingerprint density at radius 2 is 2.25 bits per heavy atom. The number of aliphatic hydroxyl groups is 1. The highest BCUT2D eigenvalue weighted by atomic mass is 127. The Bertz CT molecular complexity index is 259. The van der Waals surface area contributed by atoms with Crippen molar-refractivity contribution in [1.82, 2.24) is 0 Å². The summed E-state index contributed by atoms with van der Waals surface area (Å²) >= 11 is 5.51.